The van der Waals surface area contributed by atoms with Crippen LogP contribution in [-0.2, 0) is 9.59 Å². The van der Waals surface area contributed by atoms with Crippen molar-refractivity contribution in [2.45, 2.75) is 6.04 Å². The molecular formula is C13H11NO6S2. The van der Waals surface area contributed by atoms with Gasteiger partial charge in [-0.25, -0.2) is 4.79 Å². The molecule has 1 heterocycles. The van der Waals surface area contributed by atoms with Crippen molar-refractivity contribution in [3.05, 3.63) is 28.7 Å². The molecule has 2 rings (SSSR count). The third-order valence-corrected chi connectivity index (χ3v) is 4.22. The van der Waals surface area contributed by atoms with E-state index in [0.717, 1.165) is 16.7 Å². The minimum atomic E-state index is -1.44. The molecule has 0 aliphatic carbocycles. The molecule has 0 radical (unpaired) electrons. The normalized spacial score (nSPS) is 18.0. The molecule has 0 bridgehead atoms. The van der Waals surface area contributed by atoms with Gasteiger partial charge >= 0.3 is 5.97 Å². The lowest BCUT2D eigenvalue weighted by Gasteiger charge is -2.20. The summed E-state index contributed by atoms with van der Waals surface area (Å²) in [6, 6.07) is 2.55. The number of carbonyl (C=O) groups excluding carboxylic acids is 1. The van der Waals surface area contributed by atoms with E-state index in [2.05, 4.69) is 0 Å². The Hall–Kier alpha value is -2.10. The monoisotopic (exact) mass is 341 g/mol. The number of hydrogen-bond donors (Lipinski definition) is 4. The zero-order chi connectivity index (χ0) is 16.4. The lowest BCUT2D eigenvalue weighted by atomic mass is 10.2. The summed E-state index contributed by atoms with van der Waals surface area (Å²) < 4.78 is 0.0284. The number of thioether (sulfide) groups is 1. The average molecular weight is 341 g/mol. The number of carboxylic acids is 1. The number of rotatable bonds is 4. The molecule has 116 valence electrons. The zero-order valence-electron chi connectivity index (χ0n) is 11.0. The van der Waals surface area contributed by atoms with Crippen molar-refractivity contribution in [2.75, 3.05) is 6.61 Å². The highest BCUT2D eigenvalue weighted by Crippen LogP contribution is 2.35. The summed E-state index contributed by atoms with van der Waals surface area (Å²) in [5.41, 5.74) is 0.437. The lowest BCUT2D eigenvalue weighted by molar-refractivity contribution is -0.146. The number of aliphatic hydroxyl groups excluding tert-OH is 1. The Kier molecular flexibility index (Phi) is 4.69. The van der Waals surface area contributed by atoms with E-state index in [1.54, 1.807) is 0 Å². The number of carboxylic acid groups (broad SMARTS) is 1. The second kappa shape index (κ2) is 6.34. The summed E-state index contributed by atoms with van der Waals surface area (Å²) in [5.74, 6) is -2.63. The summed E-state index contributed by atoms with van der Waals surface area (Å²) in [6.07, 6.45) is 1.41. The number of hydrogen-bond acceptors (Lipinski definition) is 7. The van der Waals surface area contributed by atoms with Crippen molar-refractivity contribution >= 4 is 46.3 Å². The first-order valence-electron chi connectivity index (χ1n) is 5.98. The van der Waals surface area contributed by atoms with Crippen molar-refractivity contribution < 1.29 is 30.0 Å². The maximum atomic E-state index is 12.2. The van der Waals surface area contributed by atoms with Gasteiger partial charge in [0.05, 0.1) is 11.5 Å². The fourth-order valence-electron chi connectivity index (χ4n) is 1.80. The van der Waals surface area contributed by atoms with Gasteiger partial charge in [-0.3, -0.25) is 9.69 Å². The zero-order valence-corrected chi connectivity index (χ0v) is 12.6. The Morgan fingerprint density at radius 1 is 1.36 bits per heavy atom. The molecule has 1 amide bonds. The highest BCUT2D eigenvalue weighted by atomic mass is 32.2. The highest BCUT2D eigenvalue weighted by molar-refractivity contribution is 8.26. The topological polar surface area (TPSA) is 118 Å². The minimum Gasteiger partial charge on any atom is -0.504 e. The van der Waals surface area contributed by atoms with Crippen LogP contribution >= 0.6 is 24.0 Å². The molecule has 0 aromatic heterocycles. The molecule has 1 atom stereocenters. The van der Waals surface area contributed by atoms with E-state index in [-0.39, 0.29) is 20.7 Å². The molecule has 22 heavy (non-hydrogen) atoms. The number of nitrogens with zero attached hydrogens (tertiary/aromatic N) is 1. The summed E-state index contributed by atoms with van der Waals surface area (Å²) >= 11 is 5.88. The SMILES string of the molecule is O=C(O)C(CO)N1C(=O)C(=Cc2ccc(O)c(O)c2)SC1=S. The first-order chi connectivity index (χ1) is 10.3. The molecule has 0 spiro atoms. The molecule has 7 nitrogen and oxygen atoms in total. The van der Waals surface area contributed by atoms with Gasteiger partial charge in [0, 0.05) is 0 Å². The first kappa shape index (κ1) is 16.3. The Labute approximate surface area is 134 Å². The van der Waals surface area contributed by atoms with Crippen molar-refractivity contribution in [3.8, 4) is 11.5 Å². The molecule has 4 N–H and O–H groups in total. The molecule has 1 fully saturated rings. The molecule has 1 aliphatic rings. The Balaban J connectivity index is 2.33. The lowest BCUT2D eigenvalue weighted by Crippen LogP contribution is -2.46. The van der Waals surface area contributed by atoms with Crippen LogP contribution in [0.4, 0.5) is 0 Å². The third kappa shape index (κ3) is 3.06. The van der Waals surface area contributed by atoms with Gasteiger partial charge in [0.2, 0.25) is 0 Å². The Morgan fingerprint density at radius 2 is 2.05 bits per heavy atom. The molecule has 1 aromatic rings. The van der Waals surface area contributed by atoms with Crippen LogP contribution in [0.5, 0.6) is 11.5 Å². The van der Waals surface area contributed by atoms with Crippen molar-refractivity contribution in [3.63, 3.8) is 0 Å². The van der Waals surface area contributed by atoms with Gasteiger partial charge in [-0.05, 0) is 23.8 Å². The Morgan fingerprint density at radius 3 is 2.59 bits per heavy atom. The summed E-state index contributed by atoms with van der Waals surface area (Å²) in [6.45, 7) is -0.755. The van der Waals surface area contributed by atoms with Crippen LogP contribution in [0.25, 0.3) is 6.08 Å². The van der Waals surface area contributed by atoms with Gasteiger partial charge < -0.3 is 20.4 Å². The standard InChI is InChI=1S/C13H11NO6S2/c15-5-7(12(19)20)14-11(18)10(22-13(14)21)4-6-1-2-8(16)9(17)3-6/h1-4,7,15-17H,5H2,(H,19,20). The van der Waals surface area contributed by atoms with Gasteiger partial charge in [-0.15, -0.1) is 0 Å². The minimum absolute atomic E-state index is 0.0284. The van der Waals surface area contributed by atoms with E-state index in [9.17, 15) is 19.8 Å². The van der Waals surface area contributed by atoms with Crippen molar-refractivity contribution in [1.82, 2.24) is 4.90 Å². The summed E-state index contributed by atoms with van der Waals surface area (Å²) in [4.78, 5) is 24.3. The van der Waals surface area contributed by atoms with Crippen molar-refractivity contribution in [1.29, 1.82) is 0 Å². The summed E-state index contributed by atoms with van der Waals surface area (Å²) in [5, 5.41) is 36.8. The van der Waals surface area contributed by atoms with Gasteiger partial charge in [-0.2, -0.15) is 0 Å². The predicted octanol–water partition coefficient (Wildman–Crippen LogP) is 0.744. The molecular weight excluding hydrogens is 330 g/mol. The van der Waals surface area contributed by atoms with Crippen molar-refractivity contribution in [2.24, 2.45) is 0 Å². The van der Waals surface area contributed by atoms with Crippen LogP contribution in [0.1, 0.15) is 5.56 Å². The van der Waals surface area contributed by atoms with Crippen LogP contribution < -0.4 is 0 Å². The third-order valence-electron chi connectivity index (χ3n) is 2.89. The van der Waals surface area contributed by atoms with Crippen LogP contribution in [0, 0.1) is 0 Å². The highest BCUT2D eigenvalue weighted by Gasteiger charge is 2.40. The number of aliphatic hydroxyl groups is 1. The maximum Gasteiger partial charge on any atom is 0.329 e. The molecule has 1 aromatic carbocycles. The van der Waals surface area contributed by atoms with Crippen LogP contribution in [0.15, 0.2) is 23.1 Å². The first-order valence-corrected chi connectivity index (χ1v) is 7.20. The van der Waals surface area contributed by atoms with E-state index >= 15 is 0 Å². The van der Waals surface area contributed by atoms with E-state index in [0.29, 0.717) is 5.56 Å². The average Bonchev–Trinajstić information content (AvgIpc) is 2.71. The van der Waals surface area contributed by atoms with Crippen LogP contribution in [0.3, 0.4) is 0 Å². The fourth-order valence-corrected chi connectivity index (χ4v) is 3.16. The smallest absolute Gasteiger partial charge is 0.329 e. The largest absolute Gasteiger partial charge is 0.504 e. The van der Waals surface area contributed by atoms with E-state index in [1.807, 2.05) is 0 Å². The second-order valence-electron chi connectivity index (χ2n) is 4.34. The van der Waals surface area contributed by atoms with E-state index < -0.39 is 24.5 Å². The number of aromatic hydroxyl groups is 2. The Bertz CT molecular complexity index is 687. The van der Waals surface area contributed by atoms with Gasteiger partial charge in [-0.1, -0.05) is 30.0 Å². The maximum absolute atomic E-state index is 12.2. The number of phenols is 2. The van der Waals surface area contributed by atoms with Gasteiger partial charge in [0.15, 0.2) is 17.5 Å². The number of benzene rings is 1. The van der Waals surface area contributed by atoms with Gasteiger partial charge in [0.25, 0.3) is 5.91 Å². The van der Waals surface area contributed by atoms with Crippen LogP contribution in [-0.4, -0.2) is 54.2 Å². The second-order valence-corrected chi connectivity index (χ2v) is 6.01. The van der Waals surface area contributed by atoms with Crippen LogP contribution in [0.2, 0.25) is 0 Å². The van der Waals surface area contributed by atoms with E-state index in [4.69, 9.17) is 22.4 Å². The molecule has 0 saturated carbocycles. The fraction of sp³-hybridized carbons (Fsp3) is 0.154. The predicted molar refractivity (Wildman–Crippen MR) is 83.3 cm³/mol. The number of amides is 1. The van der Waals surface area contributed by atoms with E-state index in [1.165, 1.54) is 24.3 Å². The van der Waals surface area contributed by atoms with Gasteiger partial charge in [0.1, 0.15) is 4.32 Å². The molecule has 9 heteroatoms. The summed E-state index contributed by atoms with van der Waals surface area (Å²) in [7, 11) is 0. The number of carbonyl (C=O) groups is 2. The number of phenolic OH excluding ortho intramolecular Hbond substituents is 2. The number of aliphatic carboxylic acids is 1. The number of thiocarbonyl (C=S) groups is 1. The molecule has 1 unspecified atom stereocenters. The molecule has 1 aliphatic heterocycles. The molecule has 1 saturated heterocycles. The quantitative estimate of drug-likeness (QED) is 0.360.